The van der Waals surface area contributed by atoms with Crippen molar-refractivity contribution in [1.82, 2.24) is 9.55 Å². The molecule has 0 amide bonds. The smallest absolute Gasteiger partial charge is 0.229 e. The standard InChI is InChI=1S/C19H23N3O2S/c1-12-7-6-8-16(9-12)11-22-15(4)20-19-17(22)10-13(2)14(3)18(19)21-25(5,23)24/h6-10,21H,11H2,1-5H3. The van der Waals surface area contributed by atoms with Crippen LogP contribution in [0.3, 0.4) is 0 Å². The Morgan fingerprint density at radius 1 is 1.12 bits per heavy atom. The van der Waals surface area contributed by atoms with Crippen LogP contribution in [0.15, 0.2) is 30.3 Å². The molecule has 0 unspecified atom stereocenters. The van der Waals surface area contributed by atoms with Gasteiger partial charge in [0.05, 0.1) is 17.5 Å². The first-order valence-corrected chi connectivity index (χ1v) is 10.1. The van der Waals surface area contributed by atoms with Gasteiger partial charge in [0.15, 0.2) is 0 Å². The molecule has 0 saturated carbocycles. The van der Waals surface area contributed by atoms with Crippen molar-refractivity contribution in [2.75, 3.05) is 11.0 Å². The van der Waals surface area contributed by atoms with E-state index in [2.05, 4.69) is 45.5 Å². The van der Waals surface area contributed by atoms with Gasteiger partial charge < -0.3 is 4.57 Å². The number of aromatic nitrogens is 2. The molecule has 0 aliphatic carbocycles. The predicted molar refractivity (Wildman–Crippen MR) is 103 cm³/mol. The topological polar surface area (TPSA) is 64.0 Å². The Bertz CT molecular complexity index is 1070. The maximum atomic E-state index is 11.8. The molecular weight excluding hydrogens is 334 g/mol. The van der Waals surface area contributed by atoms with Crippen molar-refractivity contribution in [3.8, 4) is 0 Å². The van der Waals surface area contributed by atoms with Crippen LogP contribution in [-0.4, -0.2) is 24.2 Å². The molecule has 1 aromatic heterocycles. The van der Waals surface area contributed by atoms with E-state index in [0.29, 0.717) is 17.7 Å². The number of imidazole rings is 1. The minimum Gasteiger partial charge on any atom is -0.324 e. The highest BCUT2D eigenvalue weighted by molar-refractivity contribution is 7.92. The fourth-order valence-corrected chi connectivity index (χ4v) is 3.72. The summed E-state index contributed by atoms with van der Waals surface area (Å²) in [5.74, 6) is 0.859. The Morgan fingerprint density at radius 3 is 2.48 bits per heavy atom. The number of fused-ring (bicyclic) bond motifs is 1. The minimum absolute atomic E-state index is 0.573. The molecule has 3 rings (SSSR count). The van der Waals surface area contributed by atoms with Crippen molar-refractivity contribution in [2.24, 2.45) is 0 Å². The normalized spacial score (nSPS) is 11.9. The first kappa shape index (κ1) is 17.5. The molecule has 132 valence electrons. The van der Waals surface area contributed by atoms with Crippen molar-refractivity contribution in [1.29, 1.82) is 0 Å². The van der Waals surface area contributed by atoms with Gasteiger partial charge in [-0.1, -0.05) is 29.8 Å². The minimum atomic E-state index is -3.38. The zero-order valence-corrected chi connectivity index (χ0v) is 16.0. The van der Waals surface area contributed by atoms with E-state index in [0.717, 1.165) is 28.7 Å². The molecule has 0 aliphatic rings. The van der Waals surface area contributed by atoms with Gasteiger partial charge in [-0.15, -0.1) is 0 Å². The van der Waals surface area contributed by atoms with Gasteiger partial charge in [0.25, 0.3) is 0 Å². The van der Waals surface area contributed by atoms with Crippen LogP contribution in [0.25, 0.3) is 11.0 Å². The lowest BCUT2D eigenvalue weighted by Crippen LogP contribution is -2.11. The van der Waals surface area contributed by atoms with Gasteiger partial charge in [-0.3, -0.25) is 4.72 Å². The van der Waals surface area contributed by atoms with E-state index in [9.17, 15) is 8.42 Å². The maximum Gasteiger partial charge on any atom is 0.229 e. The molecule has 5 nitrogen and oxygen atoms in total. The number of nitrogens with one attached hydrogen (secondary N) is 1. The molecule has 3 aromatic rings. The monoisotopic (exact) mass is 357 g/mol. The summed E-state index contributed by atoms with van der Waals surface area (Å²) in [5.41, 5.74) is 6.54. The van der Waals surface area contributed by atoms with Gasteiger partial charge in [0.1, 0.15) is 11.3 Å². The number of hydrogen-bond donors (Lipinski definition) is 1. The molecule has 0 bridgehead atoms. The Labute approximate surface area is 148 Å². The van der Waals surface area contributed by atoms with E-state index >= 15 is 0 Å². The first-order valence-electron chi connectivity index (χ1n) is 8.16. The van der Waals surface area contributed by atoms with E-state index < -0.39 is 10.0 Å². The van der Waals surface area contributed by atoms with Crippen LogP contribution in [0.2, 0.25) is 0 Å². The van der Waals surface area contributed by atoms with Gasteiger partial charge in [0.2, 0.25) is 10.0 Å². The summed E-state index contributed by atoms with van der Waals surface area (Å²) >= 11 is 0. The molecule has 0 spiro atoms. The van der Waals surface area contributed by atoms with Gasteiger partial charge in [0, 0.05) is 6.54 Å². The SMILES string of the molecule is Cc1cccc(Cn2c(C)nc3c(NS(C)(=O)=O)c(C)c(C)cc32)c1. The number of anilines is 1. The first-order chi connectivity index (χ1) is 11.7. The highest BCUT2D eigenvalue weighted by Crippen LogP contribution is 2.31. The van der Waals surface area contributed by atoms with E-state index in [-0.39, 0.29) is 0 Å². The summed E-state index contributed by atoms with van der Waals surface area (Å²) in [5, 5.41) is 0. The molecule has 0 radical (unpaired) electrons. The summed E-state index contributed by atoms with van der Waals surface area (Å²) in [7, 11) is -3.38. The molecule has 6 heteroatoms. The van der Waals surface area contributed by atoms with Gasteiger partial charge >= 0.3 is 0 Å². The second kappa shape index (κ2) is 6.19. The highest BCUT2D eigenvalue weighted by atomic mass is 32.2. The Kier molecular flexibility index (Phi) is 4.33. The molecule has 0 fully saturated rings. The molecule has 2 aromatic carbocycles. The summed E-state index contributed by atoms with van der Waals surface area (Å²) in [4.78, 5) is 4.65. The Morgan fingerprint density at radius 2 is 1.84 bits per heavy atom. The Hall–Kier alpha value is -2.34. The quantitative estimate of drug-likeness (QED) is 0.774. The van der Waals surface area contributed by atoms with E-state index in [1.807, 2.05) is 26.8 Å². The molecular formula is C19H23N3O2S. The average molecular weight is 357 g/mol. The largest absolute Gasteiger partial charge is 0.324 e. The second-order valence-corrected chi connectivity index (χ2v) is 8.42. The molecule has 1 N–H and O–H groups in total. The van der Waals surface area contributed by atoms with E-state index in [1.165, 1.54) is 11.1 Å². The number of nitrogens with zero attached hydrogens (tertiary/aromatic N) is 2. The maximum absolute atomic E-state index is 11.8. The van der Waals surface area contributed by atoms with Crippen molar-refractivity contribution in [3.63, 3.8) is 0 Å². The number of sulfonamides is 1. The molecule has 0 atom stereocenters. The zero-order chi connectivity index (χ0) is 18.4. The van der Waals surface area contributed by atoms with Crippen molar-refractivity contribution >= 4 is 26.7 Å². The van der Waals surface area contributed by atoms with Gasteiger partial charge in [-0.25, -0.2) is 13.4 Å². The summed E-state index contributed by atoms with van der Waals surface area (Å²) in [6.07, 6.45) is 1.16. The van der Waals surface area contributed by atoms with Crippen LogP contribution in [-0.2, 0) is 16.6 Å². The summed E-state index contributed by atoms with van der Waals surface area (Å²) in [6.45, 7) is 8.62. The third-order valence-electron chi connectivity index (χ3n) is 4.46. The van der Waals surface area contributed by atoms with Crippen molar-refractivity contribution in [2.45, 2.75) is 34.2 Å². The summed E-state index contributed by atoms with van der Waals surface area (Å²) < 4.78 is 28.3. The van der Waals surface area contributed by atoms with Crippen LogP contribution >= 0.6 is 0 Å². The van der Waals surface area contributed by atoms with E-state index in [1.54, 1.807) is 0 Å². The van der Waals surface area contributed by atoms with Crippen molar-refractivity contribution < 1.29 is 8.42 Å². The third kappa shape index (κ3) is 3.54. The molecule has 1 heterocycles. The van der Waals surface area contributed by atoms with Crippen LogP contribution in [0.1, 0.15) is 28.1 Å². The third-order valence-corrected chi connectivity index (χ3v) is 5.04. The Balaban J connectivity index is 2.20. The van der Waals surface area contributed by atoms with E-state index in [4.69, 9.17) is 0 Å². The molecule has 0 aliphatic heterocycles. The number of benzene rings is 2. The van der Waals surface area contributed by atoms with Crippen LogP contribution in [0.4, 0.5) is 5.69 Å². The second-order valence-electron chi connectivity index (χ2n) is 6.67. The fourth-order valence-electron chi connectivity index (χ4n) is 3.10. The van der Waals surface area contributed by atoms with Gasteiger partial charge in [-0.2, -0.15) is 0 Å². The fraction of sp³-hybridized carbons (Fsp3) is 0.316. The molecule has 0 saturated heterocycles. The van der Waals surface area contributed by atoms with Crippen LogP contribution < -0.4 is 4.72 Å². The predicted octanol–water partition coefficient (Wildman–Crippen LogP) is 3.69. The number of aryl methyl sites for hydroxylation is 3. The van der Waals surface area contributed by atoms with Gasteiger partial charge in [-0.05, 0) is 50.5 Å². The molecule has 25 heavy (non-hydrogen) atoms. The van der Waals surface area contributed by atoms with Crippen LogP contribution in [0, 0.1) is 27.7 Å². The number of rotatable bonds is 4. The van der Waals surface area contributed by atoms with Crippen molar-refractivity contribution in [3.05, 3.63) is 58.4 Å². The number of hydrogen-bond acceptors (Lipinski definition) is 3. The average Bonchev–Trinajstić information content (AvgIpc) is 2.80. The lowest BCUT2D eigenvalue weighted by Gasteiger charge is -2.13. The zero-order valence-electron chi connectivity index (χ0n) is 15.2. The van der Waals surface area contributed by atoms with Crippen LogP contribution in [0.5, 0.6) is 0 Å². The lowest BCUT2D eigenvalue weighted by atomic mass is 10.1. The lowest BCUT2D eigenvalue weighted by molar-refractivity contribution is 0.607. The highest BCUT2D eigenvalue weighted by Gasteiger charge is 2.17. The summed E-state index contributed by atoms with van der Waals surface area (Å²) in [6, 6.07) is 10.4.